The lowest BCUT2D eigenvalue weighted by molar-refractivity contribution is 0.152. The standard InChI is InChI=1S/C17H28N2/c1-14(2)18-12-16-8-6-9-17(11-16)13-19-10-5-4-7-15(19)3/h6,8-9,11,14-15,18H,4-5,7,10,12-13H2,1-3H3. The first-order chi connectivity index (χ1) is 9.15. The minimum Gasteiger partial charge on any atom is -0.310 e. The Morgan fingerprint density at radius 1 is 1.26 bits per heavy atom. The normalized spacial score (nSPS) is 20.9. The summed E-state index contributed by atoms with van der Waals surface area (Å²) in [5.74, 6) is 0. The molecule has 1 aliphatic heterocycles. The van der Waals surface area contributed by atoms with Crippen LogP contribution in [0.2, 0.25) is 0 Å². The predicted octanol–water partition coefficient (Wildman–Crippen LogP) is 3.56. The van der Waals surface area contributed by atoms with Crippen molar-refractivity contribution in [3.8, 4) is 0 Å². The van der Waals surface area contributed by atoms with Crippen LogP contribution in [-0.4, -0.2) is 23.5 Å². The lowest BCUT2D eigenvalue weighted by atomic mass is 10.0. The summed E-state index contributed by atoms with van der Waals surface area (Å²) in [6.07, 6.45) is 4.11. The minimum absolute atomic E-state index is 0.547. The zero-order chi connectivity index (χ0) is 13.7. The molecule has 1 saturated heterocycles. The summed E-state index contributed by atoms with van der Waals surface area (Å²) in [4.78, 5) is 2.62. The van der Waals surface area contributed by atoms with Crippen LogP contribution >= 0.6 is 0 Å². The van der Waals surface area contributed by atoms with E-state index in [1.165, 1.54) is 36.9 Å². The summed E-state index contributed by atoms with van der Waals surface area (Å²) < 4.78 is 0. The van der Waals surface area contributed by atoms with Gasteiger partial charge in [0.25, 0.3) is 0 Å². The van der Waals surface area contributed by atoms with Gasteiger partial charge in [-0.15, -0.1) is 0 Å². The predicted molar refractivity (Wildman–Crippen MR) is 82.1 cm³/mol. The van der Waals surface area contributed by atoms with E-state index in [4.69, 9.17) is 0 Å². The molecule has 2 nitrogen and oxygen atoms in total. The van der Waals surface area contributed by atoms with Crippen LogP contribution in [0.5, 0.6) is 0 Å². The number of rotatable bonds is 5. The maximum absolute atomic E-state index is 3.49. The number of nitrogens with zero attached hydrogens (tertiary/aromatic N) is 1. The van der Waals surface area contributed by atoms with Crippen molar-refractivity contribution < 1.29 is 0 Å². The van der Waals surface area contributed by atoms with Crippen molar-refractivity contribution in [2.24, 2.45) is 0 Å². The molecular formula is C17H28N2. The van der Waals surface area contributed by atoms with Gasteiger partial charge in [0.05, 0.1) is 0 Å². The molecule has 1 aromatic rings. The van der Waals surface area contributed by atoms with Crippen LogP contribution in [0, 0.1) is 0 Å². The summed E-state index contributed by atoms with van der Waals surface area (Å²) >= 11 is 0. The van der Waals surface area contributed by atoms with Crippen LogP contribution in [0.1, 0.15) is 51.2 Å². The third-order valence-corrected chi connectivity index (χ3v) is 4.03. The van der Waals surface area contributed by atoms with Gasteiger partial charge in [-0.05, 0) is 37.4 Å². The van der Waals surface area contributed by atoms with Crippen molar-refractivity contribution in [1.82, 2.24) is 10.2 Å². The maximum atomic E-state index is 3.49. The SMILES string of the molecule is CC(C)NCc1cccc(CN2CCCCC2C)c1. The molecule has 0 saturated carbocycles. The fraction of sp³-hybridized carbons (Fsp3) is 0.647. The van der Waals surface area contributed by atoms with Gasteiger partial charge in [0.2, 0.25) is 0 Å². The average Bonchev–Trinajstić information content (AvgIpc) is 2.40. The summed E-state index contributed by atoms with van der Waals surface area (Å²) in [5.41, 5.74) is 2.85. The highest BCUT2D eigenvalue weighted by Crippen LogP contribution is 2.19. The number of likely N-dealkylation sites (tertiary alicyclic amines) is 1. The number of hydrogen-bond acceptors (Lipinski definition) is 2. The van der Waals surface area contributed by atoms with E-state index in [0.29, 0.717) is 6.04 Å². The molecule has 0 spiro atoms. The Bertz CT molecular complexity index is 387. The van der Waals surface area contributed by atoms with Crippen molar-refractivity contribution in [3.05, 3.63) is 35.4 Å². The number of benzene rings is 1. The lowest BCUT2D eigenvalue weighted by Gasteiger charge is -2.33. The van der Waals surface area contributed by atoms with Gasteiger partial charge in [-0.1, -0.05) is 44.5 Å². The third-order valence-electron chi connectivity index (χ3n) is 4.03. The monoisotopic (exact) mass is 260 g/mol. The van der Waals surface area contributed by atoms with Gasteiger partial charge in [0, 0.05) is 25.2 Å². The van der Waals surface area contributed by atoms with Crippen molar-refractivity contribution in [1.29, 1.82) is 0 Å². The number of piperidine rings is 1. The molecule has 0 aromatic heterocycles. The molecule has 2 rings (SSSR count). The van der Waals surface area contributed by atoms with Crippen LogP contribution in [0.3, 0.4) is 0 Å². The van der Waals surface area contributed by atoms with E-state index in [9.17, 15) is 0 Å². The van der Waals surface area contributed by atoms with Crippen LogP contribution in [-0.2, 0) is 13.1 Å². The Balaban J connectivity index is 1.94. The minimum atomic E-state index is 0.547. The fourth-order valence-corrected chi connectivity index (χ4v) is 2.79. The number of nitrogens with one attached hydrogen (secondary N) is 1. The average molecular weight is 260 g/mol. The highest BCUT2D eigenvalue weighted by atomic mass is 15.2. The first-order valence-corrected chi connectivity index (χ1v) is 7.70. The van der Waals surface area contributed by atoms with E-state index in [1.54, 1.807) is 0 Å². The Kier molecular flexibility index (Phi) is 5.41. The first kappa shape index (κ1) is 14.5. The second kappa shape index (κ2) is 7.06. The Morgan fingerprint density at radius 2 is 2.05 bits per heavy atom. The summed E-state index contributed by atoms with van der Waals surface area (Å²) in [6, 6.07) is 10.3. The Labute approximate surface area is 118 Å². The summed E-state index contributed by atoms with van der Waals surface area (Å²) in [6.45, 7) is 10.1. The molecule has 1 atom stereocenters. The van der Waals surface area contributed by atoms with E-state index in [-0.39, 0.29) is 0 Å². The zero-order valence-electron chi connectivity index (χ0n) is 12.7. The summed E-state index contributed by atoms with van der Waals surface area (Å²) in [7, 11) is 0. The molecule has 1 aromatic carbocycles. The molecule has 1 N–H and O–H groups in total. The van der Waals surface area contributed by atoms with Crippen molar-refractivity contribution in [3.63, 3.8) is 0 Å². The van der Waals surface area contributed by atoms with Crippen LogP contribution in [0.15, 0.2) is 24.3 Å². The largest absolute Gasteiger partial charge is 0.310 e. The molecular weight excluding hydrogens is 232 g/mol. The highest BCUT2D eigenvalue weighted by molar-refractivity contribution is 5.23. The van der Waals surface area contributed by atoms with Crippen LogP contribution < -0.4 is 5.32 Å². The van der Waals surface area contributed by atoms with Crippen LogP contribution in [0.25, 0.3) is 0 Å². The van der Waals surface area contributed by atoms with E-state index in [0.717, 1.165) is 19.1 Å². The zero-order valence-corrected chi connectivity index (χ0v) is 12.7. The molecule has 19 heavy (non-hydrogen) atoms. The van der Waals surface area contributed by atoms with Crippen LogP contribution in [0.4, 0.5) is 0 Å². The van der Waals surface area contributed by atoms with Gasteiger partial charge in [-0.2, -0.15) is 0 Å². The van der Waals surface area contributed by atoms with Gasteiger partial charge >= 0.3 is 0 Å². The van der Waals surface area contributed by atoms with Crippen molar-refractivity contribution in [2.45, 2.75) is 65.2 Å². The third kappa shape index (κ3) is 4.63. The van der Waals surface area contributed by atoms with Gasteiger partial charge in [-0.25, -0.2) is 0 Å². The quantitative estimate of drug-likeness (QED) is 0.871. The van der Waals surface area contributed by atoms with Crippen molar-refractivity contribution in [2.75, 3.05) is 6.54 Å². The molecule has 106 valence electrons. The Hall–Kier alpha value is -0.860. The fourth-order valence-electron chi connectivity index (χ4n) is 2.79. The van der Waals surface area contributed by atoms with Crippen molar-refractivity contribution >= 4 is 0 Å². The van der Waals surface area contributed by atoms with Gasteiger partial charge in [-0.3, -0.25) is 4.90 Å². The molecule has 1 unspecified atom stereocenters. The molecule has 0 amide bonds. The molecule has 1 fully saturated rings. The Morgan fingerprint density at radius 3 is 2.79 bits per heavy atom. The topological polar surface area (TPSA) is 15.3 Å². The molecule has 0 aliphatic carbocycles. The van der Waals surface area contributed by atoms with Gasteiger partial charge in [0.15, 0.2) is 0 Å². The van der Waals surface area contributed by atoms with E-state index in [2.05, 4.69) is 55.3 Å². The molecule has 1 aliphatic rings. The maximum Gasteiger partial charge on any atom is 0.0236 e. The van der Waals surface area contributed by atoms with Gasteiger partial charge < -0.3 is 5.32 Å². The smallest absolute Gasteiger partial charge is 0.0236 e. The van der Waals surface area contributed by atoms with Gasteiger partial charge in [0.1, 0.15) is 0 Å². The van der Waals surface area contributed by atoms with E-state index in [1.807, 2.05) is 0 Å². The second-order valence-electron chi connectivity index (χ2n) is 6.17. The number of hydrogen-bond donors (Lipinski definition) is 1. The molecule has 1 heterocycles. The first-order valence-electron chi connectivity index (χ1n) is 7.70. The summed E-state index contributed by atoms with van der Waals surface area (Å²) in [5, 5.41) is 3.49. The molecule has 0 bridgehead atoms. The second-order valence-corrected chi connectivity index (χ2v) is 6.17. The molecule has 0 radical (unpaired) electrons. The lowest BCUT2D eigenvalue weighted by Crippen LogP contribution is -2.36. The van der Waals surface area contributed by atoms with E-state index >= 15 is 0 Å². The molecule has 2 heteroatoms. The van der Waals surface area contributed by atoms with E-state index < -0.39 is 0 Å². The highest BCUT2D eigenvalue weighted by Gasteiger charge is 2.17.